The van der Waals surface area contributed by atoms with Crippen molar-refractivity contribution in [2.45, 2.75) is 76.5 Å². The Morgan fingerprint density at radius 2 is 1.83 bits per heavy atom. The van der Waals surface area contributed by atoms with Crippen molar-refractivity contribution < 1.29 is 42.9 Å². The SMILES string of the molecule is CC1(C)OC2CC(=O)OC[C@@]23C1=C(O)C(=O)[C@]1(C)C3CC[C@@]2(C)C(c3ccoc3)OC(=O)C3O[C@]321. The number of carbonyl (C=O) groups is 3. The van der Waals surface area contributed by atoms with Gasteiger partial charge in [0.1, 0.15) is 18.3 Å². The number of aliphatic hydroxyl groups is 1. The highest BCUT2D eigenvalue weighted by Gasteiger charge is 2.90. The maximum atomic E-state index is 14.3. The number of epoxide rings is 1. The van der Waals surface area contributed by atoms with E-state index < -0.39 is 57.5 Å². The second-order valence-electron chi connectivity index (χ2n) is 11.9. The van der Waals surface area contributed by atoms with E-state index >= 15 is 0 Å². The van der Waals surface area contributed by atoms with Gasteiger partial charge in [-0.15, -0.1) is 0 Å². The van der Waals surface area contributed by atoms with Gasteiger partial charge < -0.3 is 28.5 Å². The molecule has 0 aromatic carbocycles. The lowest BCUT2D eigenvalue weighted by atomic mass is 9.39. The average molecular weight is 485 g/mol. The Morgan fingerprint density at radius 1 is 1.06 bits per heavy atom. The molecular formula is C26H28O9. The number of cyclic esters (lactones) is 2. The van der Waals surface area contributed by atoms with Gasteiger partial charge in [-0.2, -0.15) is 0 Å². The van der Waals surface area contributed by atoms with E-state index in [0.717, 1.165) is 0 Å². The van der Waals surface area contributed by atoms with Crippen molar-refractivity contribution in [1.29, 1.82) is 0 Å². The third-order valence-corrected chi connectivity index (χ3v) is 10.2. The van der Waals surface area contributed by atoms with Gasteiger partial charge in [0, 0.05) is 16.6 Å². The zero-order valence-electron chi connectivity index (χ0n) is 20.1. The number of fused-ring (bicyclic) bond motifs is 1. The van der Waals surface area contributed by atoms with Gasteiger partial charge in [0.2, 0.25) is 5.78 Å². The number of esters is 2. The van der Waals surface area contributed by atoms with Crippen molar-refractivity contribution >= 4 is 17.7 Å². The standard InChI is InChI=1S/C26H28O9/c1-22(2)17-16(28)18(29)24(4)13(25(17)11-32-15(27)9-14(25)34-22)5-7-23(3)19(12-6-8-31-10-12)33-21(30)20-26(23,24)35-20/h6,8,10,13-14,19-20,28H,5,7,9,11H2,1-4H3/t13?,14?,19?,20?,23-,24-,25-,26+/m0/s1. The highest BCUT2D eigenvalue weighted by Crippen LogP contribution is 2.79. The lowest BCUT2D eigenvalue weighted by molar-refractivity contribution is -0.212. The number of ether oxygens (including phenoxy) is 4. The molecule has 7 rings (SSSR count). The van der Waals surface area contributed by atoms with E-state index in [4.69, 9.17) is 23.4 Å². The minimum Gasteiger partial charge on any atom is -0.504 e. The summed E-state index contributed by atoms with van der Waals surface area (Å²) in [4.78, 5) is 39.7. The first-order chi connectivity index (χ1) is 16.4. The zero-order chi connectivity index (χ0) is 24.8. The van der Waals surface area contributed by atoms with E-state index in [2.05, 4.69) is 0 Å². The van der Waals surface area contributed by atoms with Gasteiger partial charge in [-0.05, 0) is 45.6 Å². The molecule has 4 aliphatic heterocycles. The minimum absolute atomic E-state index is 0.0138. The topological polar surface area (TPSA) is 125 Å². The number of hydrogen-bond donors (Lipinski definition) is 1. The van der Waals surface area contributed by atoms with Crippen molar-refractivity contribution in [2.24, 2.45) is 22.2 Å². The number of furan rings is 1. The number of hydrogen-bond acceptors (Lipinski definition) is 9. The second kappa shape index (κ2) is 6.00. The Hall–Kier alpha value is -2.65. The summed E-state index contributed by atoms with van der Waals surface area (Å²) in [7, 11) is 0. The van der Waals surface area contributed by atoms with Crippen LogP contribution >= 0.6 is 0 Å². The lowest BCUT2D eigenvalue weighted by Gasteiger charge is -2.63. The number of rotatable bonds is 1. The fraction of sp³-hybridized carbons (Fsp3) is 0.654. The quantitative estimate of drug-likeness (QED) is 0.473. The van der Waals surface area contributed by atoms with Crippen LogP contribution < -0.4 is 0 Å². The number of aliphatic hydroxyl groups excluding tert-OH is 1. The molecule has 0 radical (unpaired) electrons. The molecule has 1 saturated carbocycles. The molecule has 4 unspecified atom stereocenters. The molecule has 9 nitrogen and oxygen atoms in total. The van der Waals surface area contributed by atoms with Gasteiger partial charge in [-0.25, -0.2) is 4.79 Å². The molecule has 186 valence electrons. The molecule has 1 N–H and O–H groups in total. The third-order valence-electron chi connectivity index (χ3n) is 10.2. The third kappa shape index (κ3) is 2.07. The number of allylic oxidation sites excluding steroid dienone is 1. The van der Waals surface area contributed by atoms with Gasteiger partial charge in [0.25, 0.3) is 0 Å². The van der Waals surface area contributed by atoms with Crippen LogP contribution in [-0.2, 0) is 33.3 Å². The highest BCUT2D eigenvalue weighted by molar-refractivity contribution is 6.03. The highest BCUT2D eigenvalue weighted by atomic mass is 16.7. The molecule has 9 heteroatoms. The van der Waals surface area contributed by atoms with E-state index in [-0.39, 0.29) is 30.7 Å². The van der Waals surface area contributed by atoms with E-state index in [1.54, 1.807) is 12.3 Å². The van der Waals surface area contributed by atoms with Crippen molar-refractivity contribution in [1.82, 2.24) is 0 Å². The smallest absolute Gasteiger partial charge is 0.339 e. The van der Waals surface area contributed by atoms with Crippen LogP contribution in [0.2, 0.25) is 0 Å². The lowest BCUT2D eigenvalue weighted by Crippen LogP contribution is -2.71. The van der Waals surface area contributed by atoms with E-state index in [1.165, 1.54) is 6.26 Å². The Labute approximate surface area is 201 Å². The molecule has 6 aliphatic rings. The monoisotopic (exact) mass is 484 g/mol. The van der Waals surface area contributed by atoms with Crippen LogP contribution in [0.15, 0.2) is 34.3 Å². The number of carbonyl (C=O) groups excluding carboxylic acids is 3. The first-order valence-electron chi connectivity index (χ1n) is 12.2. The fourth-order valence-corrected chi connectivity index (χ4v) is 8.96. The molecule has 5 fully saturated rings. The summed E-state index contributed by atoms with van der Waals surface area (Å²) in [5.41, 5.74) is -3.85. The van der Waals surface area contributed by atoms with Gasteiger partial charge in [-0.1, -0.05) is 6.92 Å². The maximum absolute atomic E-state index is 14.3. The summed E-state index contributed by atoms with van der Waals surface area (Å²) in [6.07, 6.45) is 2.15. The van der Waals surface area contributed by atoms with Crippen molar-refractivity contribution in [3.63, 3.8) is 0 Å². The van der Waals surface area contributed by atoms with Crippen molar-refractivity contribution in [3.8, 4) is 0 Å². The van der Waals surface area contributed by atoms with Crippen LogP contribution in [0.1, 0.15) is 58.6 Å². The number of Topliss-reactive ketones (excluding diaryl/α,β-unsaturated/α-hetero) is 1. The largest absolute Gasteiger partial charge is 0.504 e. The first-order valence-corrected chi connectivity index (χ1v) is 12.2. The van der Waals surface area contributed by atoms with Crippen molar-refractivity contribution in [2.75, 3.05) is 6.61 Å². The average Bonchev–Trinajstić information content (AvgIpc) is 3.26. The van der Waals surface area contributed by atoms with Crippen LogP contribution in [0.25, 0.3) is 0 Å². The summed E-state index contributed by atoms with van der Waals surface area (Å²) in [5, 5.41) is 11.5. The summed E-state index contributed by atoms with van der Waals surface area (Å²) in [6.45, 7) is 7.44. The molecule has 2 aliphatic carbocycles. The van der Waals surface area contributed by atoms with Crippen molar-refractivity contribution in [3.05, 3.63) is 35.5 Å². The molecule has 4 saturated heterocycles. The van der Waals surface area contributed by atoms with E-state index in [1.807, 2.05) is 27.7 Å². The van der Waals surface area contributed by atoms with Gasteiger partial charge in [0.15, 0.2) is 11.9 Å². The molecule has 35 heavy (non-hydrogen) atoms. The van der Waals surface area contributed by atoms with Crippen LogP contribution in [-0.4, -0.2) is 52.8 Å². The van der Waals surface area contributed by atoms with Gasteiger partial charge in [0.05, 0.1) is 41.5 Å². The second-order valence-corrected chi connectivity index (χ2v) is 11.9. The Bertz CT molecular complexity index is 1230. The van der Waals surface area contributed by atoms with Crippen LogP contribution in [0.5, 0.6) is 0 Å². The minimum atomic E-state index is -1.27. The Balaban J connectivity index is 1.47. The molecule has 1 aromatic rings. The fourth-order valence-electron chi connectivity index (χ4n) is 8.96. The van der Waals surface area contributed by atoms with Crippen LogP contribution in [0.3, 0.4) is 0 Å². The molecule has 2 spiro atoms. The predicted molar refractivity (Wildman–Crippen MR) is 116 cm³/mol. The van der Waals surface area contributed by atoms with Crippen LogP contribution in [0.4, 0.5) is 0 Å². The first kappa shape index (κ1) is 21.6. The normalized spacial score (nSPS) is 49.2. The molecule has 0 bridgehead atoms. The summed E-state index contributed by atoms with van der Waals surface area (Å²) in [5.74, 6) is -2.07. The summed E-state index contributed by atoms with van der Waals surface area (Å²) >= 11 is 0. The number of ketones is 1. The van der Waals surface area contributed by atoms with E-state index in [9.17, 15) is 19.5 Å². The van der Waals surface area contributed by atoms with Gasteiger partial charge >= 0.3 is 11.9 Å². The van der Waals surface area contributed by atoms with Crippen LogP contribution in [0, 0.1) is 22.2 Å². The maximum Gasteiger partial charge on any atom is 0.339 e. The molecule has 1 aromatic heterocycles. The molecule has 0 amide bonds. The predicted octanol–water partition coefficient (Wildman–Crippen LogP) is 2.94. The molecular weight excluding hydrogens is 456 g/mol. The molecule has 8 atom stereocenters. The van der Waals surface area contributed by atoms with Gasteiger partial charge in [-0.3, -0.25) is 9.59 Å². The summed E-state index contributed by atoms with van der Waals surface area (Å²) in [6, 6.07) is 1.76. The summed E-state index contributed by atoms with van der Waals surface area (Å²) < 4.78 is 29.4. The zero-order valence-corrected chi connectivity index (χ0v) is 20.1. The Kier molecular flexibility index (Phi) is 3.71. The molecule has 5 heterocycles. The van der Waals surface area contributed by atoms with E-state index in [0.29, 0.717) is 24.0 Å². The Morgan fingerprint density at radius 3 is 2.54 bits per heavy atom.